The Kier molecular flexibility index (Phi) is 7.62. The second-order valence-electron chi connectivity index (χ2n) is 8.61. The van der Waals surface area contributed by atoms with Gasteiger partial charge in [0.05, 0.1) is 17.4 Å². The standard InChI is InChI=1S/C25H30ClN5O2/c1-2-12-31(17-23-28-22-14-19(26)10-11-21(22)24(32)29-23)25(33)27-20-9-6-13-30(16-20)15-18-7-4-3-5-8-18/h3-5,7-8,10-11,14,20H,2,6,9,12-13,15-17H2,1H3,(H,27,33)(H,28,29,32). The molecule has 0 bridgehead atoms. The number of carbonyl (C=O) groups is 1. The Labute approximate surface area is 198 Å². The third kappa shape index (κ3) is 6.12. The van der Waals surface area contributed by atoms with Gasteiger partial charge >= 0.3 is 6.03 Å². The Morgan fingerprint density at radius 2 is 2.09 bits per heavy atom. The highest BCUT2D eigenvalue weighted by Crippen LogP contribution is 2.16. The molecule has 2 N–H and O–H groups in total. The van der Waals surface area contributed by atoms with E-state index in [1.807, 2.05) is 13.0 Å². The number of amides is 2. The SMILES string of the molecule is CCCN(Cc1nc2cc(Cl)ccc2c(=O)[nH]1)C(=O)NC1CCCN(Cc2ccccc2)C1. The van der Waals surface area contributed by atoms with Crippen molar-refractivity contribution in [2.75, 3.05) is 19.6 Å². The number of piperidine rings is 1. The van der Waals surface area contributed by atoms with Crippen molar-refractivity contribution in [2.24, 2.45) is 0 Å². The van der Waals surface area contributed by atoms with Crippen molar-refractivity contribution < 1.29 is 4.79 Å². The fraction of sp³-hybridized carbons (Fsp3) is 0.400. The molecule has 1 atom stereocenters. The van der Waals surface area contributed by atoms with Crippen molar-refractivity contribution in [2.45, 2.75) is 45.3 Å². The van der Waals surface area contributed by atoms with Gasteiger partial charge < -0.3 is 15.2 Å². The third-order valence-corrected chi connectivity index (χ3v) is 6.16. The van der Waals surface area contributed by atoms with Crippen LogP contribution in [0.1, 0.15) is 37.6 Å². The molecule has 33 heavy (non-hydrogen) atoms. The average Bonchev–Trinajstić information content (AvgIpc) is 2.79. The highest BCUT2D eigenvalue weighted by atomic mass is 35.5. The van der Waals surface area contributed by atoms with Crippen LogP contribution in [0.25, 0.3) is 10.9 Å². The molecule has 1 fully saturated rings. The van der Waals surface area contributed by atoms with Crippen LogP contribution in [0.5, 0.6) is 0 Å². The van der Waals surface area contributed by atoms with E-state index in [-0.39, 0.29) is 24.2 Å². The summed E-state index contributed by atoms with van der Waals surface area (Å²) in [5.41, 5.74) is 1.58. The zero-order chi connectivity index (χ0) is 23.2. The van der Waals surface area contributed by atoms with Crippen LogP contribution in [0.15, 0.2) is 53.3 Å². The summed E-state index contributed by atoms with van der Waals surface area (Å²) in [5, 5.41) is 4.21. The number of benzene rings is 2. The summed E-state index contributed by atoms with van der Waals surface area (Å²) < 4.78 is 0. The lowest BCUT2D eigenvalue weighted by Gasteiger charge is -2.34. The molecule has 1 aliphatic rings. The van der Waals surface area contributed by atoms with E-state index in [1.165, 1.54) is 5.56 Å². The quantitative estimate of drug-likeness (QED) is 0.546. The molecule has 1 unspecified atom stereocenters. The molecule has 0 aliphatic carbocycles. The molecule has 4 rings (SSSR count). The van der Waals surface area contributed by atoms with Crippen molar-refractivity contribution in [1.29, 1.82) is 0 Å². The second-order valence-corrected chi connectivity index (χ2v) is 9.04. The Morgan fingerprint density at radius 1 is 1.27 bits per heavy atom. The molecule has 3 aromatic rings. The molecule has 8 heteroatoms. The molecule has 2 heterocycles. The lowest BCUT2D eigenvalue weighted by molar-refractivity contribution is 0.161. The van der Waals surface area contributed by atoms with E-state index in [0.717, 1.165) is 38.9 Å². The number of nitrogens with zero attached hydrogens (tertiary/aromatic N) is 3. The smallest absolute Gasteiger partial charge is 0.318 e. The van der Waals surface area contributed by atoms with Crippen LogP contribution in [0.2, 0.25) is 5.02 Å². The number of H-pyrrole nitrogens is 1. The average molecular weight is 468 g/mol. The molecular weight excluding hydrogens is 438 g/mol. The first-order valence-corrected chi connectivity index (χ1v) is 11.9. The first-order valence-electron chi connectivity index (χ1n) is 11.5. The summed E-state index contributed by atoms with van der Waals surface area (Å²) in [7, 11) is 0. The van der Waals surface area contributed by atoms with Gasteiger partial charge in [-0.15, -0.1) is 0 Å². The van der Waals surface area contributed by atoms with Crippen LogP contribution in [-0.4, -0.2) is 51.5 Å². The highest BCUT2D eigenvalue weighted by Gasteiger charge is 2.24. The summed E-state index contributed by atoms with van der Waals surface area (Å²) in [6, 6.07) is 15.4. The summed E-state index contributed by atoms with van der Waals surface area (Å²) in [6.45, 7) is 5.58. The number of halogens is 1. The van der Waals surface area contributed by atoms with Gasteiger partial charge in [-0.25, -0.2) is 9.78 Å². The highest BCUT2D eigenvalue weighted by molar-refractivity contribution is 6.31. The molecule has 0 saturated carbocycles. The van der Waals surface area contributed by atoms with E-state index in [2.05, 4.69) is 44.5 Å². The van der Waals surface area contributed by atoms with Crippen LogP contribution >= 0.6 is 11.6 Å². The summed E-state index contributed by atoms with van der Waals surface area (Å²) >= 11 is 6.07. The van der Waals surface area contributed by atoms with E-state index in [0.29, 0.717) is 28.3 Å². The van der Waals surface area contributed by atoms with Gasteiger partial charge in [-0.3, -0.25) is 9.69 Å². The Balaban J connectivity index is 1.42. The number of urea groups is 1. The minimum Gasteiger partial charge on any atom is -0.334 e. The number of carbonyl (C=O) groups excluding carboxylic acids is 1. The number of rotatable bonds is 7. The van der Waals surface area contributed by atoms with Gasteiger partial charge in [0, 0.05) is 30.7 Å². The topological polar surface area (TPSA) is 81.3 Å². The molecule has 2 amide bonds. The van der Waals surface area contributed by atoms with Crippen LogP contribution < -0.4 is 10.9 Å². The van der Waals surface area contributed by atoms with Crippen molar-refractivity contribution in [3.8, 4) is 0 Å². The summed E-state index contributed by atoms with van der Waals surface area (Å²) in [6.07, 6.45) is 2.81. The fourth-order valence-corrected chi connectivity index (χ4v) is 4.53. The van der Waals surface area contributed by atoms with Gasteiger partial charge in [0.1, 0.15) is 5.82 Å². The van der Waals surface area contributed by atoms with Crippen LogP contribution in [0.3, 0.4) is 0 Å². The van der Waals surface area contributed by atoms with Gasteiger partial charge in [0.25, 0.3) is 5.56 Å². The van der Waals surface area contributed by atoms with Crippen LogP contribution in [0.4, 0.5) is 4.79 Å². The lowest BCUT2D eigenvalue weighted by atomic mass is 10.0. The van der Waals surface area contributed by atoms with Gasteiger partial charge in [-0.2, -0.15) is 0 Å². The maximum Gasteiger partial charge on any atom is 0.318 e. The van der Waals surface area contributed by atoms with E-state index in [9.17, 15) is 9.59 Å². The van der Waals surface area contributed by atoms with Crippen molar-refractivity contribution >= 4 is 28.5 Å². The predicted molar refractivity (Wildman–Crippen MR) is 131 cm³/mol. The monoisotopic (exact) mass is 467 g/mol. The first kappa shape index (κ1) is 23.3. The zero-order valence-corrected chi connectivity index (χ0v) is 19.6. The molecule has 174 valence electrons. The summed E-state index contributed by atoms with van der Waals surface area (Å²) in [4.78, 5) is 37.0. The zero-order valence-electron chi connectivity index (χ0n) is 18.9. The van der Waals surface area contributed by atoms with E-state index in [4.69, 9.17) is 11.6 Å². The van der Waals surface area contributed by atoms with E-state index in [1.54, 1.807) is 23.1 Å². The Hall–Kier alpha value is -2.90. The third-order valence-electron chi connectivity index (χ3n) is 5.92. The van der Waals surface area contributed by atoms with Crippen molar-refractivity contribution in [3.05, 3.63) is 75.3 Å². The second kappa shape index (κ2) is 10.8. The Bertz CT molecular complexity index is 1150. The first-order chi connectivity index (χ1) is 16.0. The van der Waals surface area contributed by atoms with Crippen molar-refractivity contribution in [3.63, 3.8) is 0 Å². The molecular formula is C25H30ClN5O2. The number of hydrogen-bond donors (Lipinski definition) is 2. The van der Waals surface area contributed by atoms with Crippen molar-refractivity contribution in [1.82, 2.24) is 25.1 Å². The molecule has 0 spiro atoms. The van der Waals surface area contributed by atoms with E-state index < -0.39 is 0 Å². The molecule has 0 radical (unpaired) electrons. The molecule has 1 saturated heterocycles. The van der Waals surface area contributed by atoms with Gasteiger partial charge in [-0.1, -0.05) is 48.9 Å². The largest absolute Gasteiger partial charge is 0.334 e. The minimum atomic E-state index is -0.229. The number of nitrogens with one attached hydrogen (secondary N) is 2. The molecule has 1 aromatic heterocycles. The Morgan fingerprint density at radius 3 is 2.88 bits per heavy atom. The molecule has 1 aliphatic heterocycles. The minimum absolute atomic E-state index is 0.0942. The summed E-state index contributed by atoms with van der Waals surface area (Å²) in [5.74, 6) is 0.452. The van der Waals surface area contributed by atoms with Crippen LogP contribution in [-0.2, 0) is 13.1 Å². The maximum absolute atomic E-state index is 13.1. The maximum atomic E-state index is 13.1. The number of aromatic nitrogens is 2. The lowest BCUT2D eigenvalue weighted by Crippen LogP contribution is -2.51. The predicted octanol–water partition coefficient (Wildman–Crippen LogP) is 4.16. The normalized spacial score (nSPS) is 16.6. The van der Waals surface area contributed by atoms with E-state index >= 15 is 0 Å². The fourth-order valence-electron chi connectivity index (χ4n) is 4.36. The van der Waals surface area contributed by atoms with Gasteiger partial charge in [0.15, 0.2) is 0 Å². The molecule has 7 nitrogen and oxygen atoms in total. The number of fused-ring (bicyclic) bond motifs is 1. The van der Waals surface area contributed by atoms with Gasteiger partial charge in [0.2, 0.25) is 0 Å². The number of hydrogen-bond acceptors (Lipinski definition) is 4. The van der Waals surface area contributed by atoms with Crippen LogP contribution in [0, 0.1) is 0 Å². The number of aromatic amines is 1. The number of likely N-dealkylation sites (tertiary alicyclic amines) is 1. The van der Waals surface area contributed by atoms with Gasteiger partial charge in [-0.05, 0) is 49.6 Å². The molecule has 2 aromatic carbocycles.